The lowest BCUT2D eigenvalue weighted by atomic mass is 9.83. The van der Waals surface area contributed by atoms with Crippen molar-refractivity contribution in [3.05, 3.63) is 35.9 Å². The van der Waals surface area contributed by atoms with Gasteiger partial charge in [0.25, 0.3) is 0 Å². The number of rotatable bonds is 9. The third kappa shape index (κ3) is 7.58. The van der Waals surface area contributed by atoms with Crippen molar-refractivity contribution in [2.75, 3.05) is 47.9 Å². The molecule has 1 saturated carbocycles. The van der Waals surface area contributed by atoms with Crippen LogP contribution in [0.25, 0.3) is 0 Å². The molecule has 6 heteroatoms. The van der Waals surface area contributed by atoms with Crippen LogP contribution in [0.5, 0.6) is 0 Å². The van der Waals surface area contributed by atoms with Crippen molar-refractivity contribution in [3.63, 3.8) is 0 Å². The van der Waals surface area contributed by atoms with Crippen molar-refractivity contribution in [1.29, 1.82) is 0 Å². The number of aliphatic imine (C=N–C) groups is 1. The summed E-state index contributed by atoms with van der Waals surface area (Å²) in [7, 11) is 7.88. The number of methoxy groups -OCH3 is 1. The standard InChI is InChI=1S/C21H36N4O.HI/c1-22-20(24-17-21(14-15-26-4)12-8-9-13-21)23-16-19(25(2)3)18-10-6-5-7-11-18;/h5-7,10-11,19H,8-9,12-17H2,1-4H3,(H2,22,23,24);1H. The first kappa shape index (κ1) is 24.2. The second-order valence-corrected chi connectivity index (χ2v) is 7.65. The molecule has 2 N–H and O–H groups in total. The minimum atomic E-state index is 0. The molecule has 0 aromatic heterocycles. The van der Waals surface area contributed by atoms with Crippen LogP contribution < -0.4 is 10.6 Å². The second-order valence-electron chi connectivity index (χ2n) is 7.65. The van der Waals surface area contributed by atoms with Crippen molar-refractivity contribution >= 4 is 29.9 Å². The van der Waals surface area contributed by atoms with E-state index in [0.29, 0.717) is 11.5 Å². The zero-order valence-electron chi connectivity index (χ0n) is 17.3. The van der Waals surface area contributed by atoms with Gasteiger partial charge in [-0.1, -0.05) is 43.2 Å². The molecule has 0 heterocycles. The minimum absolute atomic E-state index is 0. The van der Waals surface area contributed by atoms with E-state index in [1.165, 1.54) is 31.2 Å². The highest BCUT2D eigenvalue weighted by atomic mass is 127. The van der Waals surface area contributed by atoms with Crippen LogP contribution in [0.2, 0.25) is 0 Å². The number of hydrogen-bond acceptors (Lipinski definition) is 3. The van der Waals surface area contributed by atoms with Gasteiger partial charge in [-0.25, -0.2) is 0 Å². The highest BCUT2D eigenvalue weighted by Gasteiger charge is 2.33. The Hall–Kier alpha value is -0.860. The molecule has 154 valence electrons. The van der Waals surface area contributed by atoms with E-state index in [1.54, 1.807) is 7.11 Å². The van der Waals surface area contributed by atoms with Gasteiger partial charge in [-0.15, -0.1) is 24.0 Å². The van der Waals surface area contributed by atoms with Gasteiger partial charge in [0.05, 0.1) is 6.04 Å². The van der Waals surface area contributed by atoms with Gasteiger partial charge in [0.2, 0.25) is 0 Å². The van der Waals surface area contributed by atoms with Crippen molar-refractivity contribution in [2.45, 2.75) is 38.1 Å². The van der Waals surface area contributed by atoms with Crippen LogP contribution in [0.1, 0.15) is 43.7 Å². The van der Waals surface area contributed by atoms with Crippen LogP contribution >= 0.6 is 24.0 Å². The summed E-state index contributed by atoms with van der Waals surface area (Å²) in [5.74, 6) is 0.886. The first-order chi connectivity index (χ1) is 12.6. The summed E-state index contributed by atoms with van der Waals surface area (Å²) >= 11 is 0. The molecule has 1 aliphatic carbocycles. The van der Waals surface area contributed by atoms with E-state index in [9.17, 15) is 0 Å². The molecule has 0 saturated heterocycles. The Morgan fingerprint density at radius 1 is 1.19 bits per heavy atom. The van der Waals surface area contributed by atoms with Gasteiger partial charge in [-0.3, -0.25) is 4.99 Å². The number of halogens is 1. The average molecular weight is 488 g/mol. The summed E-state index contributed by atoms with van der Waals surface area (Å²) in [6.07, 6.45) is 6.34. The number of nitrogens with zero attached hydrogens (tertiary/aromatic N) is 2. The Balaban J connectivity index is 0.00000364. The van der Waals surface area contributed by atoms with Gasteiger partial charge in [0.15, 0.2) is 5.96 Å². The maximum Gasteiger partial charge on any atom is 0.191 e. The zero-order chi connectivity index (χ0) is 18.8. The van der Waals surface area contributed by atoms with Crippen molar-refractivity contribution in [2.24, 2.45) is 10.4 Å². The van der Waals surface area contributed by atoms with E-state index in [1.807, 2.05) is 7.05 Å². The van der Waals surface area contributed by atoms with Gasteiger partial charge in [-0.2, -0.15) is 0 Å². The molecule has 1 aliphatic rings. The number of guanidine groups is 1. The zero-order valence-corrected chi connectivity index (χ0v) is 19.7. The first-order valence-electron chi connectivity index (χ1n) is 9.75. The molecule has 0 aliphatic heterocycles. The van der Waals surface area contributed by atoms with Gasteiger partial charge >= 0.3 is 0 Å². The van der Waals surface area contributed by atoms with Gasteiger partial charge in [-0.05, 0) is 44.3 Å². The predicted molar refractivity (Wildman–Crippen MR) is 125 cm³/mol. The van der Waals surface area contributed by atoms with Crippen molar-refractivity contribution in [1.82, 2.24) is 15.5 Å². The Morgan fingerprint density at radius 2 is 1.85 bits per heavy atom. The number of nitrogens with one attached hydrogen (secondary N) is 2. The highest BCUT2D eigenvalue weighted by Crippen LogP contribution is 2.40. The molecule has 0 amide bonds. The first-order valence-corrected chi connectivity index (χ1v) is 9.75. The topological polar surface area (TPSA) is 48.9 Å². The maximum absolute atomic E-state index is 5.34. The lowest BCUT2D eigenvalue weighted by Gasteiger charge is -2.31. The van der Waals surface area contributed by atoms with Crippen LogP contribution in [-0.4, -0.2) is 58.8 Å². The van der Waals surface area contributed by atoms with E-state index in [2.05, 4.69) is 65.0 Å². The van der Waals surface area contributed by atoms with E-state index < -0.39 is 0 Å². The summed E-state index contributed by atoms with van der Waals surface area (Å²) in [5.41, 5.74) is 1.67. The van der Waals surface area contributed by atoms with E-state index >= 15 is 0 Å². The fourth-order valence-corrected chi connectivity index (χ4v) is 3.92. The van der Waals surface area contributed by atoms with E-state index in [-0.39, 0.29) is 24.0 Å². The van der Waals surface area contributed by atoms with Gasteiger partial charge in [0.1, 0.15) is 0 Å². The van der Waals surface area contributed by atoms with Gasteiger partial charge in [0, 0.05) is 33.9 Å². The quantitative estimate of drug-likeness (QED) is 0.317. The molecule has 0 radical (unpaired) electrons. The number of benzene rings is 1. The summed E-state index contributed by atoms with van der Waals surface area (Å²) < 4.78 is 5.34. The predicted octanol–water partition coefficient (Wildman–Crippen LogP) is 3.67. The van der Waals surface area contributed by atoms with E-state index in [0.717, 1.165) is 32.1 Å². The number of hydrogen-bond donors (Lipinski definition) is 2. The van der Waals surface area contributed by atoms with Gasteiger partial charge < -0.3 is 20.3 Å². The fourth-order valence-electron chi connectivity index (χ4n) is 3.92. The number of ether oxygens (including phenoxy) is 1. The van der Waals surface area contributed by atoms with Crippen LogP contribution in [0.15, 0.2) is 35.3 Å². The summed E-state index contributed by atoms with van der Waals surface area (Å²) in [6.45, 7) is 2.63. The molecule has 1 unspecified atom stereocenters. The lowest BCUT2D eigenvalue weighted by molar-refractivity contribution is 0.138. The molecule has 1 fully saturated rings. The Bertz CT molecular complexity index is 544. The third-order valence-electron chi connectivity index (χ3n) is 5.63. The minimum Gasteiger partial charge on any atom is -0.385 e. The molecule has 1 aromatic carbocycles. The van der Waals surface area contributed by atoms with Crippen molar-refractivity contribution in [3.8, 4) is 0 Å². The summed E-state index contributed by atoms with van der Waals surface area (Å²) in [4.78, 5) is 6.67. The lowest BCUT2D eigenvalue weighted by Crippen LogP contribution is -2.45. The second kappa shape index (κ2) is 12.6. The van der Waals surface area contributed by atoms with E-state index in [4.69, 9.17) is 4.74 Å². The molecule has 2 rings (SSSR count). The summed E-state index contributed by atoms with van der Waals surface area (Å²) in [6, 6.07) is 10.9. The Labute approximate surface area is 182 Å². The van der Waals surface area contributed by atoms with Crippen LogP contribution in [0.4, 0.5) is 0 Å². The number of likely N-dealkylation sites (N-methyl/N-ethyl adjacent to an activating group) is 1. The smallest absolute Gasteiger partial charge is 0.191 e. The molecule has 1 atom stereocenters. The molecule has 27 heavy (non-hydrogen) atoms. The van der Waals surface area contributed by atoms with Crippen LogP contribution in [0.3, 0.4) is 0 Å². The largest absolute Gasteiger partial charge is 0.385 e. The van der Waals surface area contributed by atoms with Crippen molar-refractivity contribution < 1.29 is 4.74 Å². The Kier molecular flexibility index (Phi) is 11.3. The molecule has 5 nitrogen and oxygen atoms in total. The summed E-state index contributed by atoms with van der Waals surface area (Å²) in [5, 5.41) is 7.08. The third-order valence-corrected chi connectivity index (χ3v) is 5.63. The molecular weight excluding hydrogens is 451 g/mol. The monoisotopic (exact) mass is 488 g/mol. The average Bonchev–Trinajstić information content (AvgIpc) is 3.12. The van der Waals surface area contributed by atoms with Crippen LogP contribution in [0, 0.1) is 5.41 Å². The molecular formula is C21H37IN4O. The Morgan fingerprint density at radius 3 is 2.41 bits per heavy atom. The van der Waals surface area contributed by atoms with Crippen LogP contribution in [-0.2, 0) is 4.74 Å². The normalized spacial score (nSPS) is 17.4. The molecule has 0 spiro atoms. The maximum atomic E-state index is 5.34. The fraction of sp³-hybridized carbons (Fsp3) is 0.667. The molecule has 0 bridgehead atoms. The highest BCUT2D eigenvalue weighted by molar-refractivity contribution is 14.0. The molecule has 1 aromatic rings. The SMILES string of the molecule is CN=C(NCC(c1ccccc1)N(C)C)NCC1(CCOC)CCCC1.I.